The van der Waals surface area contributed by atoms with Gasteiger partial charge in [0, 0.05) is 12.1 Å². The number of nitrogens with zero attached hydrogens (tertiary/aromatic N) is 1. The third-order valence-electron chi connectivity index (χ3n) is 2.24. The number of carbonyl (C=O) groups is 1. The number of rotatable bonds is 5. The Hall–Kier alpha value is -1.32. The van der Waals surface area contributed by atoms with Gasteiger partial charge in [-0.1, -0.05) is 20.8 Å². The number of ether oxygens (including phenoxy) is 1. The van der Waals surface area contributed by atoms with Crippen molar-refractivity contribution in [2.45, 2.75) is 40.5 Å². The summed E-state index contributed by atoms with van der Waals surface area (Å²) < 4.78 is 4.99. The second kappa shape index (κ2) is 5.68. The lowest BCUT2D eigenvalue weighted by Crippen LogP contribution is -2.09. The molecular formula is C12H20N2O2. The molecular weight excluding hydrogens is 204 g/mol. The van der Waals surface area contributed by atoms with Crippen LogP contribution in [0.2, 0.25) is 0 Å². The molecule has 0 aliphatic heterocycles. The smallest absolute Gasteiger partial charge is 0.358 e. The maximum absolute atomic E-state index is 11.7. The minimum atomic E-state index is -0.325. The van der Waals surface area contributed by atoms with Gasteiger partial charge in [-0.25, -0.2) is 9.78 Å². The van der Waals surface area contributed by atoms with Crippen molar-refractivity contribution in [3.05, 3.63) is 17.2 Å². The molecule has 0 saturated carbocycles. The summed E-state index contributed by atoms with van der Waals surface area (Å²) in [7, 11) is 0. The van der Waals surface area contributed by atoms with Crippen LogP contribution in [-0.4, -0.2) is 22.5 Å². The third-order valence-corrected chi connectivity index (χ3v) is 2.24. The molecule has 0 aliphatic rings. The number of aromatic nitrogens is 2. The van der Waals surface area contributed by atoms with Gasteiger partial charge in [0.05, 0.1) is 6.61 Å². The molecule has 1 rings (SSSR count). The van der Waals surface area contributed by atoms with Crippen LogP contribution in [0.3, 0.4) is 0 Å². The number of hydrogen-bond donors (Lipinski definition) is 1. The van der Waals surface area contributed by atoms with Crippen LogP contribution in [0.4, 0.5) is 0 Å². The van der Waals surface area contributed by atoms with Gasteiger partial charge in [-0.2, -0.15) is 0 Å². The molecule has 0 saturated heterocycles. The molecule has 0 radical (unpaired) electrons. The van der Waals surface area contributed by atoms with Crippen LogP contribution in [0.25, 0.3) is 0 Å². The van der Waals surface area contributed by atoms with E-state index in [1.165, 1.54) is 0 Å². The van der Waals surface area contributed by atoms with Crippen molar-refractivity contribution in [3.8, 4) is 0 Å². The van der Waals surface area contributed by atoms with Gasteiger partial charge in [0.1, 0.15) is 5.82 Å². The van der Waals surface area contributed by atoms with Gasteiger partial charge in [0.2, 0.25) is 0 Å². The summed E-state index contributed by atoms with van der Waals surface area (Å²) in [4.78, 5) is 19.1. The molecule has 1 heterocycles. The van der Waals surface area contributed by atoms with E-state index in [4.69, 9.17) is 4.74 Å². The molecule has 4 nitrogen and oxygen atoms in total. The third kappa shape index (κ3) is 3.08. The zero-order valence-corrected chi connectivity index (χ0v) is 10.5. The number of nitrogens with one attached hydrogen (secondary N) is 1. The predicted octanol–water partition coefficient (Wildman–Crippen LogP) is 2.35. The molecule has 0 amide bonds. The highest BCUT2D eigenvalue weighted by atomic mass is 16.5. The molecule has 1 aromatic heterocycles. The second-order valence-electron chi connectivity index (χ2n) is 4.18. The van der Waals surface area contributed by atoms with Gasteiger partial charge in [-0.15, -0.1) is 0 Å². The summed E-state index contributed by atoms with van der Waals surface area (Å²) in [5.74, 6) is 1.01. The van der Waals surface area contributed by atoms with Gasteiger partial charge in [0.25, 0.3) is 0 Å². The maximum atomic E-state index is 11.7. The van der Waals surface area contributed by atoms with Gasteiger partial charge in [0.15, 0.2) is 5.69 Å². The lowest BCUT2D eigenvalue weighted by Gasteiger charge is -2.04. The fourth-order valence-electron chi connectivity index (χ4n) is 1.56. The summed E-state index contributed by atoms with van der Waals surface area (Å²) in [6, 6.07) is 0. The van der Waals surface area contributed by atoms with Crippen molar-refractivity contribution in [1.29, 1.82) is 0 Å². The first kappa shape index (κ1) is 12.7. The molecule has 16 heavy (non-hydrogen) atoms. The summed E-state index contributed by atoms with van der Waals surface area (Å²) in [5, 5.41) is 0. The monoisotopic (exact) mass is 224 g/mol. The normalized spacial score (nSPS) is 10.8. The average Bonchev–Trinajstić information content (AvgIpc) is 2.60. The number of hydrogen-bond acceptors (Lipinski definition) is 3. The van der Waals surface area contributed by atoms with E-state index in [0.717, 1.165) is 24.4 Å². The highest BCUT2D eigenvalue weighted by molar-refractivity contribution is 5.88. The van der Waals surface area contributed by atoms with E-state index < -0.39 is 0 Å². The Morgan fingerprint density at radius 1 is 1.44 bits per heavy atom. The van der Waals surface area contributed by atoms with Crippen molar-refractivity contribution in [2.24, 2.45) is 5.92 Å². The lowest BCUT2D eigenvalue weighted by atomic mass is 10.1. The van der Waals surface area contributed by atoms with Crippen molar-refractivity contribution in [3.63, 3.8) is 0 Å². The summed E-state index contributed by atoms with van der Waals surface area (Å²) in [6.07, 6.45) is 1.62. The van der Waals surface area contributed by atoms with Gasteiger partial charge in [-0.05, 0) is 19.3 Å². The quantitative estimate of drug-likeness (QED) is 0.781. The molecule has 0 bridgehead atoms. The van der Waals surface area contributed by atoms with Crippen LogP contribution < -0.4 is 0 Å². The topological polar surface area (TPSA) is 55.0 Å². The number of carbonyl (C=O) groups excluding carboxylic acids is 1. The number of aryl methyl sites for hydroxylation is 1. The molecule has 0 spiro atoms. The van der Waals surface area contributed by atoms with Crippen LogP contribution in [-0.2, 0) is 17.6 Å². The van der Waals surface area contributed by atoms with E-state index >= 15 is 0 Å². The zero-order chi connectivity index (χ0) is 12.1. The molecule has 4 heteroatoms. The number of H-pyrrole nitrogens is 1. The molecule has 0 unspecified atom stereocenters. The second-order valence-corrected chi connectivity index (χ2v) is 4.18. The summed E-state index contributed by atoms with van der Waals surface area (Å²) in [5.41, 5.74) is 1.35. The number of aromatic amines is 1. The van der Waals surface area contributed by atoms with Crippen molar-refractivity contribution < 1.29 is 9.53 Å². The van der Waals surface area contributed by atoms with E-state index in [9.17, 15) is 4.79 Å². The molecule has 1 aromatic rings. The Kier molecular flexibility index (Phi) is 4.52. The van der Waals surface area contributed by atoms with Crippen LogP contribution in [0.15, 0.2) is 0 Å². The minimum Gasteiger partial charge on any atom is -0.461 e. The van der Waals surface area contributed by atoms with Gasteiger partial charge < -0.3 is 9.72 Å². The first-order valence-corrected chi connectivity index (χ1v) is 5.83. The van der Waals surface area contributed by atoms with E-state index in [-0.39, 0.29) is 5.97 Å². The first-order valence-electron chi connectivity index (χ1n) is 5.83. The fourth-order valence-corrected chi connectivity index (χ4v) is 1.56. The molecule has 1 N–H and O–H groups in total. The number of imidazole rings is 1. The molecule has 90 valence electrons. The van der Waals surface area contributed by atoms with Crippen LogP contribution in [0, 0.1) is 5.92 Å². The highest BCUT2D eigenvalue weighted by Crippen LogP contribution is 2.13. The summed E-state index contributed by atoms with van der Waals surface area (Å²) >= 11 is 0. The Bertz CT molecular complexity index is 356. The Morgan fingerprint density at radius 2 is 2.12 bits per heavy atom. The Labute approximate surface area is 96.4 Å². The fraction of sp³-hybridized carbons (Fsp3) is 0.667. The highest BCUT2D eigenvalue weighted by Gasteiger charge is 2.18. The largest absolute Gasteiger partial charge is 0.461 e. The van der Waals surface area contributed by atoms with Crippen LogP contribution >= 0.6 is 0 Å². The van der Waals surface area contributed by atoms with Crippen molar-refractivity contribution in [2.75, 3.05) is 6.61 Å². The minimum absolute atomic E-state index is 0.325. The lowest BCUT2D eigenvalue weighted by molar-refractivity contribution is 0.0518. The average molecular weight is 224 g/mol. The Morgan fingerprint density at radius 3 is 2.62 bits per heavy atom. The van der Waals surface area contributed by atoms with Crippen molar-refractivity contribution >= 4 is 5.97 Å². The zero-order valence-electron chi connectivity index (χ0n) is 10.5. The van der Waals surface area contributed by atoms with E-state index in [1.807, 2.05) is 6.92 Å². The van der Waals surface area contributed by atoms with Crippen molar-refractivity contribution in [1.82, 2.24) is 9.97 Å². The Balaban J connectivity index is 2.95. The molecule has 0 atom stereocenters. The standard InChI is InChI=1S/C12H20N2O2/c1-5-10-13-9(7-8(3)4)11(14-10)12(15)16-6-2/h8H,5-7H2,1-4H3,(H,13,14). The van der Waals surface area contributed by atoms with E-state index in [1.54, 1.807) is 6.92 Å². The molecule has 0 aliphatic carbocycles. The SMILES string of the molecule is CCOC(=O)c1nc(CC)[nH]c1CC(C)C. The van der Waals surface area contributed by atoms with E-state index in [2.05, 4.69) is 23.8 Å². The molecule has 0 aromatic carbocycles. The van der Waals surface area contributed by atoms with Gasteiger partial charge in [-0.3, -0.25) is 0 Å². The van der Waals surface area contributed by atoms with E-state index in [0.29, 0.717) is 18.2 Å². The van der Waals surface area contributed by atoms with Crippen LogP contribution in [0.1, 0.15) is 49.7 Å². The van der Waals surface area contributed by atoms with Gasteiger partial charge >= 0.3 is 5.97 Å². The number of esters is 1. The predicted molar refractivity (Wildman–Crippen MR) is 62.5 cm³/mol. The maximum Gasteiger partial charge on any atom is 0.358 e. The summed E-state index contributed by atoms with van der Waals surface area (Å²) in [6.45, 7) is 8.41. The first-order chi connectivity index (χ1) is 7.58. The molecule has 0 fully saturated rings. The van der Waals surface area contributed by atoms with Crippen LogP contribution in [0.5, 0.6) is 0 Å².